The van der Waals surface area contributed by atoms with Crippen molar-refractivity contribution in [3.8, 4) is 11.3 Å². The number of aromatic nitrogens is 4. The minimum Gasteiger partial charge on any atom is -0.324 e. The van der Waals surface area contributed by atoms with Gasteiger partial charge in [0.15, 0.2) is 11.3 Å². The maximum Gasteiger partial charge on any atom is 0.300 e. The van der Waals surface area contributed by atoms with Crippen LogP contribution in [0.4, 0.5) is 16.0 Å². The van der Waals surface area contributed by atoms with E-state index in [0.29, 0.717) is 28.1 Å². The summed E-state index contributed by atoms with van der Waals surface area (Å²) in [5, 5.41) is 8.46. The van der Waals surface area contributed by atoms with Gasteiger partial charge in [-0.25, -0.2) is 9.37 Å². The first-order chi connectivity index (χ1) is 14.2. The van der Waals surface area contributed by atoms with Crippen molar-refractivity contribution in [2.45, 2.75) is 0 Å². The van der Waals surface area contributed by atoms with Gasteiger partial charge in [0.25, 0.3) is 5.56 Å². The summed E-state index contributed by atoms with van der Waals surface area (Å²) in [6, 6.07) is 22.5. The third kappa shape index (κ3) is 3.08. The average molecular weight is 383 g/mol. The van der Waals surface area contributed by atoms with Crippen LogP contribution in [0.1, 0.15) is 0 Å². The fourth-order valence-electron chi connectivity index (χ4n) is 3.15. The quantitative estimate of drug-likeness (QED) is 0.473. The second-order valence-electron chi connectivity index (χ2n) is 6.45. The summed E-state index contributed by atoms with van der Waals surface area (Å²) in [4.78, 5) is 21.7. The van der Waals surface area contributed by atoms with E-state index in [4.69, 9.17) is 0 Å². The van der Waals surface area contributed by atoms with Gasteiger partial charge in [-0.1, -0.05) is 30.3 Å². The standard InChI is InChI=1S/C22H14FN5O/c23-15-12-10-14(11-13-15)19-21(29)26-20-17-8-4-5-9-18(17)25-22(28(20)27-19)24-16-6-2-1-3-7-16/h1-13H,(H,24,25). The molecule has 0 radical (unpaired) electrons. The summed E-state index contributed by atoms with van der Waals surface area (Å²) < 4.78 is 14.8. The van der Waals surface area contributed by atoms with Crippen LogP contribution in [0, 0.1) is 5.82 Å². The van der Waals surface area contributed by atoms with Gasteiger partial charge in [-0.3, -0.25) is 4.79 Å². The van der Waals surface area contributed by atoms with E-state index in [9.17, 15) is 9.18 Å². The van der Waals surface area contributed by atoms with Crippen LogP contribution < -0.4 is 10.9 Å². The number of benzene rings is 3. The molecule has 3 aromatic carbocycles. The molecule has 0 aliphatic carbocycles. The topological polar surface area (TPSA) is 72.2 Å². The molecule has 0 atom stereocenters. The summed E-state index contributed by atoms with van der Waals surface area (Å²) >= 11 is 0. The van der Waals surface area contributed by atoms with Gasteiger partial charge in [0.2, 0.25) is 5.95 Å². The third-order valence-electron chi connectivity index (χ3n) is 4.53. The minimum absolute atomic E-state index is 0.121. The molecule has 29 heavy (non-hydrogen) atoms. The first kappa shape index (κ1) is 17.0. The number of para-hydroxylation sites is 2. The van der Waals surface area contributed by atoms with Gasteiger partial charge >= 0.3 is 0 Å². The number of hydrogen-bond donors (Lipinski definition) is 1. The van der Waals surface area contributed by atoms with Gasteiger partial charge in [0.1, 0.15) is 5.82 Å². The van der Waals surface area contributed by atoms with E-state index in [1.165, 1.54) is 28.8 Å². The van der Waals surface area contributed by atoms with Crippen LogP contribution in [-0.2, 0) is 0 Å². The van der Waals surface area contributed by atoms with Gasteiger partial charge in [-0.15, -0.1) is 0 Å². The number of hydrogen-bond acceptors (Lipinski definition) is 5. The van der Waals surface area contributed by atoms with Crippen LogP contribution in [0.5, 0.6) is 0 Å². The van der Waals surface area contributed by atoms with Crippen molar-refractivity contribution in [3.63, 3.8) is 0 Å². The Kier molecular flexibility index (Phi) is 3.98. The highest BCUT2D eigenvalue weighted by atomic mass is 19.1. The average Bonchev–Trinajstić information content (AvgIpc) is 2.75. The van der Waals surface area contributed by atoms with Crippen LogP contribution in [0.2, 0.25) is 0 Å². The van der Waals surface area contributed by atoms with Gasteiger partial charge < -0.3 is 5.32 Å². The first-order valence-corrected chi connectivity index (χ1v) is 8.97. The molecular formula is C22H14FN5O. The Labute approximate surface area is 164 Å². The van der Waals surface area contributed by atoms with Crippen molar-refractivity contribution in [1.82, 2.24) is 19.6 Å². The van der Waals surface area contributed by atoms with Crippen LogP contribution in [0.25, 0.3) is 27.8 Å². The van der Waals surface area contributed by atoms with E-state index in [1.54, 1.807) is 0 Å². The molecule has 0 fully saturated rings. The number of nitrogens with one attached hydrogen (secondary N) is 1. The molecule has 0 aliphatic heterocycles. The molecule has 5 rings (SSSR count). The lowest BCUT2D eigenvalue weighted by atomic mass is 10.1. The van der Waals surface area contributed by atoms with Gasteiger partial charge in [-0.2, -0.15) is 14.6 Å². The normalized spacial score (nSPS) is 11.1. The molecule has 2 heterocycles. The predicted molar refractivity (Wildman–Crippen MR) is 110 cm³/mol. The molecule has 0 spiro atoms. The Morgan fingerprint density at radius 2 is 1.55 bits per heavy atom. The van der Waals surface area contributed by atoms with E-state index < -0.39 is 5.56 Å². The largest absolute Gasteiger partial charge is 0.324 e. The molecule has 0 saturated carbocycles. The summed E-state index contributed by atoms with van der Waals surface area (Å²) in [6.07, 6.45) is 0. The molecule has 6 nitrogen and oxygen atoms in total. The van der Waals surface area contributed by atoms with Crippen LogP contribution in [0.15, 0.2) is 83.7 Å². The number of fused-ring (bicyclic) bond motifs is 3. The van der Waals surface area contributed by atoms with E-state index in [2.05, 4.69) is 20.4 Å². The zero-order valence-corrected chi connectivity index (χ0v) is 15.1. The molecule has 140 valence electrons. The summed E-state index contributed by atoms with van der Waals surface area (Å²) in [7, 11) is 0. The van der Waals surface area contributed by atoms with Crippen LogP contribution in [0.3, 0.4) is 0 Å². The van der Waals surface area contributed by atoms with Crippen molar-refractivity contribution in [2.75, 3.05) is 5.32 Å². The maximum absolute atomic E-state index is 13.3. The van der Waals surface area contributed by atoms with Crippen molar-refractivity contribution < 1.29 is 4.39 Å². The highest BCUT2D eigenvalue weighted by Crippen LogP contribution is 2.23. The Balaban J connectivity index is 1.80. The summed E-state index contributed by atoms with van der Waals surface area (Å²) in [5.74, 6) is 0.0301. The molecule has 5 aromatic rings. The molecular weight excluding hydrogens is 369 g/mol. The number of rotatable bonds is 3. The highest BCUT2D eigenvalue weighted by Gasteiger charge is 2.15. The first-order valence-electron chi connectivity index (χ1n) is 8.97. The molecule has 0 bridgehead atoms. The highest BCUT2D eigenvalue weighted by molar-refractivity contribution is 5.92. The van der Waals surface area contributed by atoms with Crippen LogP contribution >= 0.6 is 0 Å². The monoisotopic (exact) mass is 383 g/mol. The zero-order valence-electron chi connectivity index (χ0n) is 15.1. The Morgan fingerprint density at radius 1 is 0.828 bits per heavy atom. The molecule has 1 N–H and O–H groups in total. The molecule has 0 unspecified atom stereocenters. The van der Waals surface area contributed by atoms with E-state index in [0.717, 1.165) is 5.69 Å². The molecule has 7 heteroatoms. The van der Waals surface area contributed by atoms with Crippen molar-refractivity contribution in [1.29, 1.82) is 0 Å². The Morgan fingerprint density at radius 3 is 2.34 bits per heavy atom. The fourth-order valence-corrected chi connectivity index (χ4v) is 3.15. The molecule has 0 saturated heterocycles. The van der Waals surface area contributed by atoms with Crippen molar-refractivity contribution in [3.05, 3.63) is 95.0 Å². The second kappa shape index (κ2) is 6.79. The summed E-state index contributed by atoms with van der Waals surface area (Å²) in [6.45, 7) is 0. The van der Waals surface area contributed by atoms with Crippen molar-refractivity contribution in [2.24, 2.45) is 0 Å². The maximum atomic E-state index is 13.3. The lowest BCUT2D eigenvalue weighted by molar-refractivity contribution is 0.628. The second-order valence-corrected chi connectivity index (χ2v) is 6.45. The van der Waals surface area contributed by atoms with Gasteiger partial charge in [0, 0.05) is 16.6 Å². The van der Waals surface area contributed by atoms with Crippen molar-refractivity contribution >= 4 is 28.2 Å². The van der Waals surface area contributed by atoms with Gasteiger partial charge in [-0.05, 0) is 48.5 Å². The summed E-state index contributed by atoms with van der Waals surface area (Å²) in [5.41, 5.74) is 2.02. The molecule has 0 amide bonds. The SMILES string of the molecule is O=c1nc2c3ccccc3nc(Nc3ccccc3)n2nc1-c1ccc(F)cc1. The Hall–Kier alpha value is -4.13. The van der Waals surface area contributed by atoms with E-state index in [-0.39, 0.29) is 11.5 Å². The zero-order chi connectivity index (χ0) is 19.8. The van der Waals surface area contributed by atoms with Gasteiger partial charge in [0.05, 0.1) is 5.52 Å². The Bertz CT molecular complexity index is 1400. The molecule has 2 aromatic heterocycles. The van der Waals surface area contributed by atoms with E-state index in [1.807, 2.05) is 54.6 Å². The third-order valence-corrected chi connectivity index (χ3v) is 4.53. The van der Waals surface area contributed by atoms with Crippen LogP contribution in [-0.4, -0.2) is 19.6 Å². The minimum atomic E-state index is -0.487. The lowest BCUT2D eigenvalue weighted by Gasteiger charge is -2.12. The predicted octanol–water partition coefficient (Wildman–Crippen LogP) is 4.19. The number of anilines is 2. The number of halogens is 1. The number of nitrogens with zero attached hydrogens (tertiary/aromatic N) is 4. The molecule has 0 aliphatic rings. The fraction of sp³-hybridized carbons (Fsp3) is 0. The van der Waals surface area contributed by atoms with E-state index >= 15 is 0 Å². The lowest BCUT2D eigenvalue weighted by Crippen LogP contribution is -2.18. The smallest absolute Gasteiger partial charge is 0.300 e.